The van der Waals surface area contributed by atoms with Crippen LogP contribution in [0.25, 0.3) is 0 Å². The molecule has 1 aromatic rings. The lowest BCUT2D eigenvalue weighted by Gasteiger charge is -2.45. The Labute approximate surface area is 236 Å². The van der Waals surface area contributed by atoms with E-state index in [1.54, 1.807) is 19.1 Å². The van der Waals surface area contributed by atoms with Gasteiger partial charge in [0.15, 0.2) is 11.5 Å². The van der Waals surface area contributed by atoms with Gasteiger partial charge in [0.05, 0.1) is 29.9 Å². The number of rotatable bonds is 11. The lowest BCUT2D eigenvalue weighted by molar-refractivity contribution is -0.152. The average molecular weight is 645 g/mol. The molecule has 0 heterocycles. The van der Waals surface area contributed by atoms with Crippen molar-refractivity contribution in [1.29, 1.82) is 0 Å². The predicted octanol–water partition coefficient (Wildman–Crippen LogP) is 1.85. The second-order valence-electron chi connectivity index (χ2n) is 9.56. The smallest absolute Gasteiger partial charge is 0.290 e. The van der Waals surface area contributed by atoms with E-state index in [0.717, 1.165) is 19.3 Å². The molecule has 2 amide bonds. The van der Waals surface area contributed by atoms with Crippen molar-refractivity contribution in [2.75, 3.05) is 20.3 Å². The van der Waals surface area contributed by atoms with Gasteiger partial charge in [-0.2, -0.15) is 0 Å². The largest absolute Gasteiger partial charge is 0.493 e. The number of benzene rings is 1. The zero-order valence-corrected chi connectivity index (χ0v) is 24.0. The van der Waals surface area contributed by atoms with Gasteiger partial charge in [0.25, 0.3) is 5.91 Å². The molecule has 10 nitrogen and oxygen atoms in total. The minimum atomic E-state index is -1.24. The minimum Gasteiger partial charge on any atom is -0.493 e. The molecule has 2 aliphatic carbocycles. The van der Waals surface area contributed by atoms with Crippen LogP contribution in [0.15, 0.2) is 23.8 Å². The molecular weight excluding hydrogens is 607 g/mol. The summed E-state index contributed by atoms with van der Waals surface area (Å²) in [4.78, 5) is 40.5. The molecule has 3 unspecified atom stereocenters. The third kappa shape index (κ3) is 7.04. The highest BCUT2D eigenvalue weighted by molar-refractivity contribution is 14.1. The van der Waals surface area contributed by atoms with Crippen molar-refractivity contribution >= 4 is 40.2 Å². The third-order valence-electron chi connectivity index (χ3n) is 7.06. The van der Waals surface area contributed by atoms with Gasteiger partial charge in [0.1, 0.15) is 12.2 Å². The molecule has 210 valence electrons. The highest BCUT2D eigenvalue weighted by Gasteiger charge is 2.44. The molecule has 0 bridgehead atoms. The van der Waals surface area contributed by atoms with Crippen LogP contribution in [0.5, 0.6) is 11.5 Å². The van der Waals surface area contributed by atoms with E-state index in [-0.39, 0.29) is 44.2 Å². The maximum atomic E-state index is 13.4. The lowest BCUT2D eigenvalue weighted by atomic mass is 9.85. The highest BCUT2D eigenvalue weighted by atomic mass is 127. The fourth-order valence-electron chi connectivity index (χ4n) is 5.10. The van der Waals surface area contributed by atoms with Crippen molar-refractivity contribution in [3.05, 3.63) is 32.9 Å². The second-order valence-corrected chi connectivity index (χ2v) is 10.7. The molecule has 0 saturated heterocycles. The number of ketones is 1. The molecule has 3 rings (SSSR count). The maximum Gasteiger partial charge on any atom is 0.290 e. The van der Waals surface area contributed by atoms with Crippen molar-refractivity contribution in [1.82, 2.24) is 10.2 Å². The quantitative estimate of drug-likeness (QED) is 0.211. The Bertz CT molecular complexity index is 1040. The SMILES string of the molecule is CCC(=O)C(=O)N(C1CCCCC1)C1CC(C(=O)NCCO)=CC(Oc2c(I)cc(CO)cc2OC)C1O. The highest BCUT2D eigenvalue weighted by Crippen LogP contribution is 2.38. The first kappa shape index (κ1) is 30.3. The molecule has 1 saturated carbocycles. The molecule has 0 spiro atoms. The minimum absolute atomic E-state index is 0.0369. The second kappa shape index (κ2) is 14.2. The summed E-state index contributed by atoms with van der Waals surface area (Å²) in [6.07, 6.45) is 3.59. The van der Waals surface area contributed by atoms with Crippen molar-refractivity contribution in [2.45, 2.75) is 82.8 Å². The van der Waals surface area contributed by atoms with Crippen LogP contribution >= 0.6 is 22.6 Å². The molecular formula is C27H37IN2O8. The number of halogens is 1. The first-order valence-electron chi connectivity index (χ1n) is 13.0. The normalized spacial score (nSPS) is 21.8. The average Bonchev–Trinajstić information content (AvgIpc) is 2.94. The van der Waals surface area contributed by atoms with Crippen LogP contribution < -0.4 is 14.8 Å². The lowest BCUT2D eigenvalue weighted by Crippen LogP contribution is -2.59. The van der Waals surface area contributed by atoms with E-state index in [1.165, 1.54) is 18.1 Å². The molecule has 11 heteroatoms. The molecule has 4 N–H and O–H groups in total. The number of hydrogen-bond acceptors (Lipinski definition) is 8. The third-order valence-corrected chi connectivity index (χ3v) is 7.86. The Morgan fingerprint density at radius 1 is 1.16 bits per heavy atom. The fraction of sp³-hybridized carbons (Fsp3) is 0.593. The summed E-state index contributed by atoms with van der Waals surface area (Å²) in [6.45, 7) is 1.23. The van der Waals surface area contributed by atoms with E-state index in [1.807, 2.05) is 22.6 Å². The van der Waals surface area contributed by atoms with Crippen molar-refractivity contribution in [3.63, 3.8) is 0 Å². The maximum absolute atomic E-state index is 13.4. The van der Waals surface area contributed by atoms with Crippen LogP contribution in [0.4, 0.5) is 0 Å². The molecule has 0 radical (unpaired) electrons. The predicted molar refractivity (Wildman–Crippen MR) is 148 cm³/mol. The zero-order chi connectivity index (χ0) is 27.8. The molecule has 3 atom stereocenters. The summed E-state index contributed by atoms with van der Waals surface area (Å²) in [6, 6.07) is 2.25. The fourth-order valence-corrected chi connectivity index (χ4v) is 5.90. The van der Waals surface area contributed by atoms with Crippen LogP contribution in [0.1, 0.15) is 57.4 Å². The summed E-state index contributed by atoms with van der Waals surface area (Å²) < 4.78 is 12.3. The monoisotopic (exact) mass is 644 g/mol. The Morgan fingerprint density at radius 3 is 2.47 bits per heavy atom. The Morgan fingerprint density at radius 2 is 1.87 bits per heavy atom. The van der Waals surface area contributed by atoms with Crippen LogP contribution in [-0.2, 0) is 21.0 Å². The van der Waals surface area contributed by atoms with Crippen LogP contribution in [-0.4, -0.2) is 82.4 Å². The summed E-state index contributed by atoms with van der Waals surface area (Å²) in [5, 5.41) is 33.0. The van der Waals surface area contributed by atoms with Gasteiger partial charge in [0, 0.05) is 31.0 Å². The number of aliphatic hydroxyl groups excluding tert-OH is 3. The van der Waals surface area contributed by atoms with Gasteiger partial charge in [-0.25, -0.2) is 0 Å². The topological polar surface area (TPSA) is 146 Å². The van der Waals surface area contributed by atoms with E-state index in [9.17, 15) is 29.7 Å². The van der Waals surface area contributed by atoms with Crippen molar-refractivity contribution < 1.29 is 39.2 Å². The number of carbonyl (C=O) groups excluding carboxylic acids is 3. The number of carbonyl (C=O) groups is 3. The van der Waals surface area contributed by atoms with E-state index in [4.69, 9.17) is 9.47 Å². The molecule has 0 aromatic heterocycles. The summed E-state index contributed by atoms with van der Waals surface area (Å²) >= 11 is 2.04. The number of nitrogens with one attached hydrogen (secondary N) is 1. The Balaban J connectivity index is 2.04. The molecule has 0 aliphatic heterocycles. The number of hydrogen-bond donors (Lipinski definition) is 4. The van der Waals surface area contributed by atoms with Gasteiger partial charge in [-0.05, 0) is 59.2 Å². The van der Waals surface area contributed by atoms with Crippen LogP contribution in [0.3, 0.4) is 0 Å². The van der Waals surface area contributed by atoms with E-state index in [0.29, 0.717) is 33.5 Å². The molecule has 1 aromatic carbocycles. The number of aliphatic hydroxyl groups is 3. The van der Waals surface area contributed by atoms with Crippen LogP contribution in [0, 0.1) is 3.57 Å². The van der Waals surface area contributed by atoms with E-state index < -0.39 is 35.8 Å². The van der Waals surface area contributed by atoms with Crippen molar-refractivity contribution in [3.8, 4) is 11.5 Å². The molecule has 38 heavy (non-hydrogen) atoms. The summed E-state index contributed by atoms with van der Waals surface area (Å²) in [7, 11) is 1.46. The summed E-state index contributed by atoms with van der Waals surface area (Å²) in [5.41, 5.74) is 0.907. The molecule has 1 fully saturated rings. The van der Waals surface area contributed by atoms with E-state index >= 15 is 0 Å². The number of nitrogens with zero attached hydrogens (tertiary/aromatic N) is 1. The number of methoxy groups -OCH3 is 1. The van der Waals surface area contributed by atoms with Crippen LogP contribution in [0.2, 0.25) is 0 Å². The number of amides is 2. The number of ether oxygens (including phenoxy) is 2. The standard InChI is InChI=1S/C27H37IN2O8/c1-3-21(33)27(36)30(18-7-5-4-6-8-18)20-13-17(26(35)29-9-10-31)14-22(24(20)34)38-25-19(28)11-16(15-32)12-23(25)37-2/h11-12,14,18,20,22,24,31-32,34H,3-10,13,15H2,1-2H3,(H,29,35). The van der Waals surface area contributed by atoms with Gasteiger partial charge in [0.2, 0.25) is 11.7 Å². The summed E-state index contributed by atoms with van der Waals surface area (Å²) in [5.74, 6) is -0.979. The zero-order valence-electron chi connectivity index (χ0n) is 21.8. The van der Waals surface area contributed by atoms with Gasteiger partial charge in [-0.15, -0.1) is 0 Å². The van der Waals surface area contributed by atoms with Gasteiger partial charge >= 0.3 is 0 Å². The first-order valence-corrected chi connectivity index (χ1v) is 14.1. The number of Topliss-reactive ketones (excluding diaryl/α,β-unsaturated/α-hetero) is 1. The van der Waals surface area contributed by atoms with Gasteiger partial charge < -0.3 is 35.0 Å². The Kier molecular flexibility index (Phi) is 11.4. The van der Waals surface area contributed by atoms with Gasteiger partial charge in [-0.3, -0.25) is 14.4 Å². The first-order chi connectivity index (χ1) is 18.2. The van der Waals surface area contributed by atoms with Gasteiger partial charge in [-0.1, -0.05) is 26.2 Å². The molecule has 2 aliphatic rings. The van der Waals surface area contributed by atoms with Crippen molar-refractivity contribution in [2.24, 2.45) is 0 Å². The Hall–Kier alpha value is -2.22. The van der Waals surface area contributed by atoms with E-state index in [2.05, 4.69) is 5.32 Å².